The van der Waals surface area contributed by atoms with Crippen LogP contribution in [0.15, 0.2) is 43.0 Å². The van der Waals surface area contributed by atoms with Gasteiger partial charge < -0.3 is 9.64 Å². The van der Waals surface area contributed by atoms with Crippen molar-refractivity contribution in [2.75, 3.05) is 25.0 Å². The number of carbonyl (C=O) groups excluding carboxylic acids is 2. The average molecular weight is 429 g/mol. The summed E-state index contributed by atoms with van der Waals surface area (Å²) >= 11 is 0. The molecule has 2 amide bonds. The molecule has 162 valence electrons. The fourth-order valence-electron chi connectivity index (χ4n) is 3.48. The van der Waals surface area contributed by atoms with Crippen molar-refractivity contribution in [2.45, 2.75) is 25.7 Å². The number of amides is 2. The predicted octanol–water partition coefficient (Wildman–Crippen LogP) is 3.86. The summed E-state index contributed by atoms with van der Waals surface area (Å²) in [4.78, 5) is 34.3. The zero-order chi connectivity index (χ0) is 22.0. The van der Waals surface area contributed by atoms with Crippen LogP contribution >= 0.6 is 0 Å². The monoisotopic (exact) mass is 429 g/mol. The Balaban J connectivity index is 1.56. The lowest BCUT2D eigenvalue weighted by Gasteiger charge is -2.31. The molecule has 0 bridgehead atoms. The molecule has 0 unspecified atom stereocenters. The van der Waals surface area contributed by atoms with E-state index in [9.17, 15) is 18.4 Å². The van der Waals surface area contributed by atoms with Gasteiger partial charge in [-0.2, -0.15) is 0 Å². The molecule has 4 rings (SSSR count). The van der Waals surface area contributed by atoms with E-state index >= 15 is 0 Å². The van der Waals surface area contributed by atoms with Crippen molar-refractivity contribution in [1.82, 2.24) is 19.4 Å². The Labute approximate surface area is 176 Å². The lowest BCUT2D eigenvalue weighted by Crippen LogP contribution is -2.42. The molecule has 1 N–H and O–H groups in total. The number of ether oxygens (including phenoxy) is 1. The van der Waals surface area contributed by atoms with Crippen molar-refractivity contribution in [3.8, 4) is 5.69 Å². The van der Waals surface area contributed by atoms with Gasteiger partial charge in [-0.1, -0.05) is 0 Å². The van der Waals surface area contributed by atoms with Crippen LogP contribution in [-0.2, 0) is 4.74 Å². The number of pyridine rings is 2. The summed E-state index contributed by atoms with van der Waals surface area (Å²) < 4.78 is 33.4. The van der Waals surface area contributed by atoms with Crippen molar-refractivity contribution < 1.29 is 23.1 Å². The van der Waals surface area contributed by atoms with Crippen molar-refractivity contribution in [3.05, 3.63) is 48.5 Å². The number of halogens is 2. The van der Waals surface area contributed by atoms with Gasteiger partial charge in [0.15, 0.2) is 0 Å². The van der Waals surface area contributed by atoms with Gasteiger partial charge in [0.1, 0.15) is 5.65 Å². The van der Waals surface area contributed by atoms with E-state index < -0.39 is 12.0 Å². The van der Waals surface area contributed by atoms with Crippen molar-refractivity contribution in [3.63, 3.8) is 0 Å². The third kappa shape index (κ3) is 4.47. The minimum atomic E-state index is -2.71. The van der Waals surface area contributed by atoms with Gasteiger partial charge in [0, 0.05) is 43.7 Å². The molecule has 31 heavy (non-hydrogen) atoms. The minimum absolute atomic E-state index is 0.0246. The summed E-state index contributed by atoms with van der Waals surface area (Å²) in [6, 6.07) is 5.22. The van der Waals surface area contributed by atoms with Crippen molar-refractivity contribution in [1.29, 1.82) is 0 Å². The van der Waals surface area contributed by atoms with Crippen LogP contribution in [0.1, 0.15) is 30.1 Å². The highest BCUT2D eigenvalue weighted by Gasteiger charge is 2.35. The van der Waals surface area contributed by atoms with E-state index in [0.717, 1.165) is 5.39 Å². The Hall–Kier alpha value is -3.56. The summed E-state index contributed by atoms with van der Waals surface area (Å²) in [5, 5.41) is 3.32. The molecule has 0 radical (unpaired) electrons. The normalized spacial score (nSPS) is 15.6. The van der Waals surface area contributed by atoms with Crippen LogP contribution in [0.25, 0.3) is 16.7 Å². The van der Waals surface area contributed by atoms with E-state index in [1.807, 2.05) is 0 Å². The first-order chi connectivity index (χ1) is 14.9. The van der Waals surface area contributed by atoms with Gasteiger partial charge >= 0.3 is 6.09 Å². The Bertz CT molecular complexity index is 1120. The highest BCUT2D eigenvalue weighted by Crippen LogP contribution is 2.29. The fraction of sp³-hybridized carbons (Fsp3) is 0.333. The number of nitrogens with one attached hydrogen (secondary N) is 1. The summed E-state index contributed by atoms with van der Waals surface area (Å²) in [7, 11) is 0. The van der Waals surface area contributed by atoms with Gasteiger partial charge in [0.2, 0.25) is 0 Å². The molecule has 0 aromatic carbocycles. The molecule has 3 aromatic rings. The van der Waals surface area contributed by atoms with E-state index in [1.54, 1.807) is 42.1 Å². The molecular formula is C21H21F2N5O3. The zero-order valence-electron chi connectivity index (χ0n) is 16.8. The largest absolute Gasteiger partial charge is 0.450 e. The lowest BCUT2D eigenvalue weighted by atomic mass is 10.1. The molecule has 3 aromatic heterocycles. The van der Waals surface area contributed by atoms with E-state index in [0.29, 0.717) is 22.6 Å². The van der Waals surface area contributed by atoms with E-state index in [-0.39, 0.29) is 38.4 Å². The number of fused-ring (bicyclic) bond motifs is 1. The van der Waals surface area contributed by atoms with Crippen LogP contribution in [0, 0.1) is 0 Å². The number of alkyl halides is 2. The molecule has 1 saturated heterocycles. The maximum Gasteiger partial charge on any atom is 0.411 e. The first-order valence-corrected chi connectivity index (χ1v) is 9.90. The smallest absolute Gasteiger partial charge is 0.411 e. The number of aromatic nitrogens is 3. The van der Waals surface area contributed by atoms with Crippen LogP contribution in [0.5, 0.6) is 0 Å². The first-order valence-electron chi connectivity index (χ1n) is 9.90. The van der Waals surface area contributed by atoms with Gasteiger partial charge in [-0.3, -0.25) is 19.7 Å². The Morgan fingerprint density at radius 3 is 2.71 bits per heavy atom. The molecular weight excluding hydrogens is 408 g/mol. The summed E-state index contributed by atoms with van der Waals surface area (Å²) in [6.45, 7) is 2.02. The minimum Gasteiger partial charge on any atom is -0.450 e. The van der Waals surface area contributed by atoms with Crippen LogP contribution in [0.4, 0.5) is 19.3 Å². The molecule has 1 aliphatic heterocycles. The van der Waals surface area contributed by atoms with Gasteiger partial charge in [0.05, 0.1) is 35.9 Å². The number of rotatable bonds is 4. The van der Waals surface area contributed by atoms with Crippen LogP contribution < -0.4 is 5.32 Å². The van der Waals surface area contributed by atoms with E-state index in [1.165, 1.54) is 17.3 Å². The van der Waals surface area contributed by atoms with Gasteiger partial charge in [-0.05, 0) is 25.1 Å². The SMILES string of the molecule is CCOC(=O)Nc1cncc(-n2ccc3cc(C(=O)N4CCC(F)(F)CC4)cnc32)c1. The molecule has 0 atom stereocenters. The standard InChI is InChI=1S/C21H21F2N5O3/c1-2-31-20(30)26-16-10-17(13-24-12-16)28-6-3-14-9-15(11-25-18(14)28)19(29)27-7-4-21(22,23)5-8-27/h3,6,9-13H,2,4-5,7-8H2,1H3,(H,26,30). The number of carbonyl (C=O) groups is 2. The Morgan fingerprint density at radius 1 is 1.19 bits per heavy atom. The molecule has 0 spiro atoms. The fourth-order valence-corrected chi connectivity index (χ4v) is 3.48. The van der Waals surface area contributed by atoms with E-state index in [2.05, 4.69) is 15.3 Å². The number of hydrogen-bond acceptors (Lipinski definition) is 5. The summed E-state index contributed by atoms with van der Waals surface area (Å²) in [5.74, 6) is -3.01. The topological polar surface area (TPSA) is 89.3 Å². The Morgan fingerprint density at radius 2 is 1.97 bits per heavy atom. The second-order valence-corrected chi connectivity index (χ2v) is 7.25. The number of nitrogens with zero attached hydrogens (tertiary/aromatic N) is 4. The van der Waals surface area contributed by atoms with Gasteiger partial charge in [-0.15, -0.1) is 0 Å². The van der Waals surface area contributed by atoms with Crippen LogP contribution in [0.3, 0.4) is 0 Å². The highest BCUT2D eigenvalue weighted by atomic mass is 19.3. The predicted molar refractivity (Wildman–Crippen MR) is 110 cm³/mol. The van der Waals surface area contributed by atoms with Crippen LogP contribution in [-0.4, -0.2) is 57.1 Å². The number of piperidine rings is 1. The second kappa shape index (κ2) is 8.29. The average Bonchev–Trinajstić information content (AvgIpc) is 3.17. The third-order valence-corrected chi connectivity index (χ3v) is 5.08. The highest BCUT2D eigenvalue weighted by molar-refractivity contribution is 5.97. The number of hydrogen-bond donors (Lipinski definition) is 1. The van der Waals surface area contributed by atoms with E-state index in [4.69, 9.17) is 4.74 Å². The van der Waals surface area contributed by atoms with Crippen molar-refractivity contribution in [2.24, 2.45) is 0 Å². The van der Waals surface area contributed by atoms with Crippen LogP contribution in [0.2, 0.25) is 0 Å². The molecule has 4 heterocycles. The van der Waals surface area contributed by atoms with Gasteiger partial charge in [0.25, 0.3) is 11.8 Å². The molecule has 10 heteroatoms. The second-order valence-electron chi connectivity index (χ2n) is 7.25. The number of likely N-dealkylation sites (tertiary alicyclic amines) is 1. The first kappa shape index (κ1) is 20.7. The maximum atomic E-state index is 13.4. The summed E-state index contributed by atoms with van der Waals surface area (Å²) in [6.07, 6.45) is 5.11. The molecule has 8 nitrogen and oxygen atoms in total. The molecule has 1 fully saturated rings. The maximum absolute atomic E-state index is 13.4. The molecule has 0 aliphatic carbocycles. The Kier molecular flexibility index (Phi) is 5.53. The zero-order valence-corrected chi connectivity index (χ0v) is 16.8. The third-order valence-electron chi connectivity index (χ3n) is 5.08. The summed E-state index contributed by atoms with van der Waals surface area (Å²) in [5.41, 5.74) is 2.07. The molecule has 0 saturated carbocycles. The quantitative estimate of drug-likeness (QED) is 0.680. The van der Waals surface area contributed by atoms with Gasteiger partial charge in [-0.25, -0.2) is 18.6 Å². The number of anilines is 1. The lowest BCUT2D eigenvalue weighted by molar-refractivity contribution is -0.0494. The molecule has 1 aliphatic rings. The van der Waals surface area contributed by atoms with Crippen molar-refractivity contribution >= 4 is 28.7 Å².